The Hall–Kier alpha value is -2.77. The number of carbonyl (C=O) groups excluding carboxylic acids is 2. The molecular formula is C22H23NO5S. The maximum atomic E-state index is 11.6. The quantitative estimate of drug-likeness (QED) is 0.609. The molecule has 0 radical (unpaired) electrons. The van der Waals surface area contributed by atoms with Crippen molar-refractivity contribution in [2.45, 2.75) is 25.9 Å². The minimum absolute atomic E-state index is 0.100. The standard InChI is InChI=1S/C22H23NO5S/c1-2-5-16-6-3-4-7-19(16)28-14-17(24)13-27-18-10-8-15(9-11-18)12-20-21(25)23-22(26)29-20/h3-4,6-12,17,24H,2,5,13-14H2,1H3,(H,23,25,26)/b20-12-/t17-/m1/s1. The lowest BCUT2D eigenvalue weighted by molar-refractivity contribution is -0.115. The maximum Gasteiger partial charge on any atom is 0.290 e. The average molecular weight is 413 g/mol. The number of rotatable bonds is 9. The van der Waals surface area contributed by atoms with Gasteiger partial charge in [0.25, 0.3) is 11.1 Å². The van der Waals surface area contributed by atoms with Gasteiger partial charge in [-0.05, 0) is 53.6 Å². The highest BCUT2D eigenvalue weighted by atomic mass is 32.2. The summed E-state index contributed by atoms with van der Waals surface area (Å²) in [4.78, 5) is 23.1. The second-order valence-electron chi connectivity index (χ2n) is 6.55. The average Bonchev–Trinajstić information content (AvgIpc) is 3.03. The molecule has 2 aromatic carbocycles. The molecule has 0 spiro atoms. The summed E-state index contributed by atoms with van der Waals surface area (Å²) in [6, 6.07) is 14.9. The van der Waals surface area contributed by atoms with Gasteiger partial charge in [-0.3, -0.25) is 14.9 Å². The van der Waals surface area contributed by atoms with Crippen molar-refractivity contribution in [2.24, 2.45) is 0 Å². The molecule has 29 heavy (non-hydrogen) atoms. The van der Waals surface area contributed by atoms with Crippen LogP contribution >= 0.6 is 11.8 Å². The van der Waals surface area contributed by atoms with Crippen molar-refractivity contribution >= 4 is 29.0 Å². The van der Waals surface area contributed by atoms with Gasteiger partial charge < -0.3 is 14.6 Å². The van der Waals surface area contributed by atoms with Gasteiger partial charge in [0.15, 0.2) is 0 Å². The van der Waals surface area contributed by atoms with Crippen LogP contribution in [-0.4, -0.2) is 35.6 Å². The number of carbonyl (C=O) groups is 2. The van der Waals surface area contributed by atoms with Gasteiger partial charge in [0.05, 0.1) is 4.91 Å². The molecule has 7 heteroatoms. The fourth-order valence-corrected chi connectivity index (χ4v) is 3.46. The zero-order valence-electron chi connectivity index (χ0n) is 16.1. The summed E-state index contributed by atoms with van der Waals surface area (Å²) >= 11 is 0.878. The third kappa shape index (κ3) is 6.10. The third-order valence-electron chi connectivity index (χ3n) is 4.19. The molecular weight excluding hydrogens is 390 g/mol. The minimum Gasteiger partial charge on any atom is -0.491 e. The van der Waals surface area contributed by atoms with Gasteiger partial charge >= 0.3 is 0 Å². The molecule has 152 valence electrons. The van der Waals surface area contributed by atoms with Crippen molar-refractivity contribution < 1.29 is 24.2 Å². The number of aliphatic hydroxyl groups is 1. The Bertz CT molecular complexity index is 894. The van der Waals surface area contributed by atoms with Crippen LogP contribution in [0.15, 0.2) is 53.4 Å². The predicted octanol–water partition coefficient (Wildman–Crippen LogP) is 3.78. The second kappa shape index (κ2) is 10.1. The van der Waals surface area contributed by atoms with Gasteiger partial charge in [0, 0.05) is 0 Å². The molecule has 1 fully saturated rings. The number of benzene rings is 2. The number of aryl methyl sites for hydroxylation is 1. The van der Waals surface area contributed by atoms with Crippen LogP contribution in [0.1, 0.15) is 24.5 Å². The number of thioether (sulfide) groups is 1. The summed E-state index contributed by atoms with van der Waals surface area (Å²) in [6.07, 6.45) is 2.83. The minimum atomic E-state index is -0.768. The molecule has 1 aliphatic rings. The van der Waals surface area contributed by atoms with Crippen LogP contribution in [0.4, 0.5) is 4.79 Å². The second-order valence-corrected chi connectivity index (χ2v) is 7.57. The lowest BCUT2D eigenvalue weighted by Gasteiger charge is -2.15. The number of hydrogen-bond donors (Lipinski definition) is 2. The molecule has 6 nitrogen and oxygen atoms in total. The van der Waals surface area contributed by atoms with Gasteiger partial charge in [0.1, 0.15) is 30.8 Å². The van der Waals surface area contributed by atoms with E-state index in [2.05, 4.69) is 12.2 Å². The number of hydrogen-bond acceptors (Lipinski definition) is 6. The molecule has 1 aliphatic heterocycles. The van der Waals surface area contributed by atoms with Gasteiger partial charge in [-0.25, -0.2) is 0 Å². The zero-order valence-corrected chi connectivity index (χ0v) is 16.9. The first-order chi connectivity index (χ1) is 14.0. The van der Waals surface area contributed by atoms with Crippen LogP contribution in [0.2, 0.25) is 0 Å². The number of ether oxygens (including phenoxy) is 2. The van der Waals surface area contributed by atoms with E-state index in [4.69, 9.17) is 9.47 Å². The van der Waals surface area contributed by atoms with E-state index in [1.54, 1.807) is 30.3 Å². The van der Waals surface area contributed by atoms with Crippen LogP contribution in [0.3, 0.4) is 0 Å². The SMILES string of the molecule is CCCc1ccccc1OC[C@H](O)COc1ccc(/C=C2\SC(=O)NC2=O)cc1. The van der Waals surface area contributed by atoms with E-state index < -0.39 is 6.10 Å². The molecule has 0 aromatic heterocycles. The molecule has 0 bridgehead atoms. The van der Waals surface area contributed by atoms with E-state index in [1.165, 1.54) is 0 Å². The number of para-hydroxylation sites is 1. The Labute approximate surface area is 173 Å². The number of aliphatic hydroxyl groups excluding tert-OH is 1. The monoisotopic (exact) mass is 413 g/mol. The van der Waals surface area contributed by atoms with Crippen molar-refractivity contribution in [1.29, 1.82) is 0 Å². The fourth-order valence-electron chi connectivity index (χ4n) is 2.78. The van der Waals surface area contributed by atoms with Crippen LogP contribution in [0, 0.1) is 0 Å². The molecule has 3 rings (SSSR count). The van der Waals surface area contributed by atoms with Crippen molar-refractivity contribution in [3.63, 3.8) is 0 Å². The Morgan fingerprint density at radius 1 is 1.07 bits per heavy atom. The lowest BCUT2D eigenvalue weighted by Crippen LogP contribution is -2.25. The third-order valence-corrected chi connectivity index (χ3v) is 5.00. The Balaban J connectivity index is 1.48. The van der Waals surface area contributed by atoms with Gasteiger partial charge in [-0.15, -0.1) is 0 Å². The Morgan fingerprint density at radius 3 is 2.48 bits per heavy atom. The van der Waals surface area contributed by atoms with E-state index in [0.29, 0.717) is 10.7 Å². The predicted molar refractivity (Wildman–Crippen MR) is 113 cm³/mol. The summed E-state index contributed by atoms with van der Waals surface area (Å²) in [7, 11) is 0. The molecule has 0 saturated carbocycles. The van der Waals surface area contributed by atoms with Crippen LogP contribution in [0.25, 0.3) is 6.08 Å². The number of imide groups is 1. The zero-order chi connectivity index (χ0) is 20.6. The largest absolute Gasteiger partial charge is 0.491 e. The summed E-state index contributed by atoms with van der Waals surface area (Å²) in [5.74, 6) is 0.999. The molecule has 2 aromatic rings. The topological polar surface area (TPSA) is 84.9 Å². The Morgan fingerprint density at radius 2 is 1.79 bits per heavy atom. The highest BCUT2D eigenvalue weighted by Crippen LogP contribution is 2.26. The van der Waals surface area contributed by atoms with E-state index in [0.717, 1.165) is 41.5 Å². The highest BCUT2D eigenvalue weighted by molar-refractivity contribution is 8.18. The van der Waals surface area contributed by atoms with E-state index in [-0.39, 0.29) is 24.4 Å². The van der Waals surface area contributed by atoms with E-state index in [1.807, 2.05) is 24.3 Å². The van der Waals surface area contributed by atoms with Crippen LogP contribution < -0.4 is 14.8 Å². The van der Waals surface area contributed by atoms with Crippen LogP contribution in [0.5, 0.6) is 11.5 Å². The number of amides is 2. The molecule has 1 saturated heterocycles. The first-order valence-electron chi connectivity index (χ1n) is 9.41. The molecule has 2 N–H and O–H groups in total. The first kappa shape index (κ1) is 21.0. The Kier molecular flexibility index (Phi) is 7.32. The van der Waals surface area contributed by atoms with Crippen molar-refractivity contribution in [1.82, 2.24) is 5.32 Å². The molecule has 0 aliphatic carbocycles. The molecule has 0 unspecified atom stereocenters. The number of nitrogens with one attached hydrogen (secondary N) is 1. The van der Waals surface area contributed by atoms with Crippen molar-refractivity contribution in [3.05, 3.63) is 64.6 Å². The summed E-state index contributed by atoms with van der Waals surface area (Å²) in [5.41, 5.74) is 1.91. The van der Waals surface area contributed by atoms with Crippen molar-refractivity contribution in [2.75, 3.05) is 13.2 Å². The molecule has 1 heterocycles. The lowest BCUT2D eigenvalue weighted by atomic mass is 10.1. The van der Waals surface area contributed by atoms with Crippen molar-refractivity contribution in [3.8, 4) is 11.5 Å². The summed E-state index contributed by atoms with van der Waals surface area (Å²) < 4.78 is 11.4. The fraction of sp³-hybridized carbons (Fsp3) is 0.273. The highest BCUT2D eigenvalue weighted by Gasteiger charge is 2.24. The normalized spacial score (nSPS) is 16.0. The summed E-state index contributed by atoms with van der Waals surface area (Å²) in [5, 5.41) is 12.0. The van der Waals surface area contributed by atoms with Gasteiger partial charge in [-0.1, -0.05) is 43.7 Å². The molecule has 1 atom stereocenters. The maximum absolute atomic E-state index is 11.6. The van der Waals surface area contributed by atoms with E-state index in [9.17, 15) is 14.7 Å². The smallest absolute Gasteiger partial charge is 0.290 e. The van der Waals surface area contributed by atoms with Gasteiger partial charge in [-0.2, -0.15) is 0 Å². The molecule has 2 amide bonds. The van der Waals surface area contributed by atoms with Gasteiger partial charge in [0.2, 0.25) is 0 Å². The summed E-state index contributed by atoms with van der Waals surface area (Å²) in [6.45, 7) is 2.36. The first-order valence-corrected chi connectivity index (χ1v) is 10.2. The van der Waals surface area contributed by atoms with E-state index >= 15 is 0 Å². The van der Waals surface area contributed by atoms with Crippen LogP contribution in [-0.2, 0) is 11.2 Å².